The summed E-state index contributed by atoms with van der Waals surface area (Å²) >= 11 is 6.28. The third kappa shape index (κ3) is 2.98. The number of anilines is 1. The van der Waals surface area contributed by atoms with Crippen LogP contribution in [0.4, 0.5) is 10.5 Å². The maximum absolute atomic E-state index is 12.3. The summed E-state index contributed by atoms with van der Waals surface area (Å²) < 4.78 is 0. The molecule has 1 aromatic carbocycles. The summed E-state index contributed by atoms with van der Waals surface area (Å²) in [5, 5.41) is 3.68. The Bertz CT molecular complexity index is 513. The number of unbranched alkanes of at least 4 members (excludes halogenated alkanes) is 1. The minimum Gasteiger partial charge on any atom is -0.338 e. The van der Waals surface area contributed by atoms with Crippen LogP contribution in [0.15, 0.2) is 24.8 Å². The molecule has 1 aliphatic rings. The van der Waals surface area contributed by atoms with Crippen molar-refractivity contribution in [1.29, 1.82) is 0 Å². The Hall–Kier alpha value is -1.48. The van der Waals surface area contributed by atoms with Crippen LogP contribution in [0.25, 0.3) is 0 Å². The zero-order valence-corrected chi connectivity index (χ0v) is 12.7. The van der Waals surface area contributed by atoms with Gasteiger partial charge in [-0.05, 0) is 36.5 Å². The average Bonchev–Trinajstić information content (AvgIpc) is 2.86. The van der Waals surface area contributed by atoms with E-state index in [0.29, 0.717) is 11.4 Å². The molecule has 0 fully saturated rings. The lowest BCUT2D eigenvalue weighted by Crippen LogP contribution is -2.39. The lowest BCUT2D eigenvalue weighted by molar-refractivity contribution is 0.246. The van der Waals surface area contributed by atoms with E-state index < -0.39 is 0 Å². The maximum atomic E-state index is 12.3. The van der Waals surface area contributed by atoms with Crippen molar-refractivity contribution in [2.75, 3.05) is 18.0 Å². The summed E-state index contributed by atoms with van der Waals surface area (Å²) in [4.78, 5) is 14.1. The molecule has 20 heavy (non-hydrogen) atoms. The Morgan fingerprint density at radius 2 is 2.35 bits per heavy atom. The molecule has 2 amide bonds. The standard InChI is InChI=1S/C16H21ClN2O/c1-3-5-10-18-16(20)19-11-9-12-7-8-14(17)13(6-4-2)15(12)19/h4,7-8H,2-3,5-6,9-11H2,1H3,(H,18,20). The van der Waals surface area contributed by atoms with E-state index in [2.05, 4.69) is 18.8 Å². The fraction of sp³-hybridized carbons (Fsp3) is 0.438. The van der Waals surface area contributed by atoms with Crippen LogP contribution < -0.4 is 10.2 Å². The van der Waals surface area contributed by atoms with Crippen molar-refractivity contribution in [1.82, 2.24) is 5.32 Å². The van der Waals surface area contributed by atoms with Crippen molar-refractivity contribution in [2.24, 2.45) is 0 Å². The lowest BCUT2D eigenvalue weighted by Gasteiger charge is -2.21. The van der Waals surface area contributed by atoms with Gasteiger partial charge in [-0.2, -0.15) is 0 Å². The number of halogens is 1. The Morgan fingerprint density at radius 1 is 1.55 bits per heavy atom. The molecule has 1 aliphatic heterocycles. The van der Waals surface area contributed by atoms with Gasteiger partial charge in [-0.25, -0.2) is 4.79 Å². The lowest BCUT2D eigenvalue weighted by atomic mass is 10.0. The summed E-state index contributed by atoms with van der Waals surface area (Å²) in [5.74, 6) is 0. The minimum absolute atomic E-state index is 0.0234. The monoisotopic (exact) mass is 292 g/mol. The van der Waals surface area contributed by atoms with E-state index >= 15 is 0 Å². The highest BCUT2D eigenvalue weighted by Crippen LogP contribution is 2.36. The van der Waals surface area contributed by atoms with E-state index in [0.717, 1.165) is 43.6 Å². The van der Waals surface area contributed by atoms with E-state index in [9.17, 15) is 4.79 Å². The van der Waals surface area contributed by atoms with Crippen LogP contribution in [-0.2, 0) is 12.8 Å². The summed E-state index contributed by atoms with van der Waals surface area (Å²) in [6, 6.07) is 3.91. The van der Waals surface area contributed by atoms with Gasteiger partial charge in [0.25, 0.3) is 0 Å². The number of hydrogen-bond donors (Lipinski definition) is 1. The number of carbonyl (C=O) groups is 1. The van der Waals surface area contributed by atoms with Gasteiger partial charge in [0, 0.05) is 18.1 Å². The highest BCUT2D eigenvalue weighted by molar-refractivity contribution is 6.32. The number of rotatable bonds is 5. The molecule has 0 unspecified atom stereocenters. The Morgan fingerprint density at radius 3 is 3.05 bits per heavy atom. The van der Waals surface area contributed by atoms with Crippen LogP contribution in [0, 0.1) is 0 Å². The normalized spacial score (nSPS) is 13.2. The summed E-state index contributed by atoms with van der Waals surface area (Å²) in [6.07, 6.45) is 5.47. The topological polar surface area (TPSA) is 32.3 Å². The van der Waals surface area contributed by atoms with Crippen LogP contribution >= 0.6 is 11.6 Å². The second-order valence-corrected chi connectivity index (χ2v) is 5.42. The molecule has 0 radical (unpaired) electrons. The van der Waals surface area contributed by atoms with Gasteiger partial charge in [-0.15, -0.1) is 6.58 Å². The number of benzene rings is 1. The highest BCUT2D eigenvalue weighted by Gasteiger charge is 2.27. The third-order valence-corrected chi connectivity index (χ3v) is 3.94. The predicted molar refractivity (Wildman–Crippen MR) is 84.7 cm³/mol. The second kappa shape index (κ2) is 6.80. The van der Waals surface area contributed by atoms with Gasteiger partial charge >= 0.3 is 6.03 Å². The zero-order valence-electron chi connectivity index (χ0n) is 11.9. The average molecular weight is 293 g/mol. The van der Waals surface area contributed by atoms with Gasteiger partial charge in [0.1, 0.15) is 0 Å². The van der Waals surface area contributed by atoms with Crippen LogP contribution in [0.5, 0.6) is 0 Å². The molecular weight excluding hydrogens is 272 g/mol. The van der Waals surface area contributed by atoms with Crippen molar-refractivity contribution in [2.45, 2.75) is 32.6 Å². The molecule has 0 saturated carbocycles. The third-order valence-electron chi connectivity index (χ3n) is 3.58. The molecule has 1 aromatic rings. The molecule has 1 N–H and O–H groups in total. The van der Waals surface area contributed by atoms with E-state index in [4.69, 9.17) is 11.6 Å². The molecule has 0 aromatic heterocycles. The van der Waals surface area contributed by atoms with Crippen molar-refractivity contribution < 1.29 is 4.79 Å². The Labute approximate surface area is 125 Å². The number of amides is 2. The Kier molecular flexibility index (Phi) is 5.07. The Balaban J connectivity index is 2.24. The molecular formula is C16H21ClN2O. The van der Waals surface area contributed by atoms with Crippen molar-refractivity contribution in [3.63, 3.8) is 0 Å². The van der Waals surface area contributed by atoms with Crippen LogP contribution in [0.3, 0.4) is 0 Å². The zero-order chi connectivity index (χ0) is 14.5. The molecule has 0 saturated heterocycles. The van der Waals surface area contributed by atoms with Crippen molar-refractivity contribution >= 4 is 23.3 Å². The number of urea groups is 1. The number of carbonyl (C=O) groups excluding carboxylic acids is 1. The number of allylic oxidation sites excluding steroid dienone is 1. The summed E-state index contributed by atoms with van der Waals surface area (Å²) in [6.45, 7) is 7.33. The highest BCUT2D eigenvalue weighted by atomic mass is 35.5. The number of nitrogens with one attached hydrogen (secondary N) is 1. The molecule has 0 bridgehead atoms. The van der Waals surface area contributed by atoms with E-state index in [-0.39, 0.29) is 6.03 Å². The first-order chi connectivity index (χ1) is 9.69. The molecule has 2 rings (SSSR count). The molecule has 1 heterocycles. The summed E-state index contributed by atoms with van der Waals surface area (Å²) in [5.41, 5.74) is 3.17. The maximum Gasteiger partial charge on any atom is 0.321 e. The van der Waals surface area contributed by atoms with Crippen LogP contribution in [0.2, 0.25) is 5.02 Å². The van der Waals surface area contributed by atoms with Gasteiger partial charge in [-0.1, -0.05) is 37.1 Å². The van der Waals surface area contributed by atoms with Crippen LogP contribution in [0.1, 0.15) is 30.9 Å². The first kappa shape index (κ1) is 14.9. The van der Waals surface area contributed by atoms with Crippen molar-refractivity contribution in [3.8, 4) is 0 Å². The molecule has 0 spiro atoms. The summed E-state index contributed by atoms with van der Waals surface area (Å²) in [7, 11) is 0. The number of hydrogen-bond acceptors (Lipinski definition) is 1. The molecule has 4 heteroatoms. The van der Waals surface area contributed by atoms with Crippen molar-refractivity contribution in [3.05, 3.63) is 40.9 Å². The van der Waals surface area contributed by atoms with E-state index in [1.165, 1.54) is 5.56 Å². The van der Waals surface area contributed by atoms with Gasteiger partial charge in [0.2, 0.25) is 0 Å². The fourth-order valence-electron chi connectivity index (χ4n) is 2.55. The van der Waals surface area contributed by atoms with Crippen LogP contribution in [-0.4, -0.2) is 19.1 Å². The van der Waals surface area contributed by atoms with E-state index in [1.807, 2.05) is 23.1 Å². The quantitative estimate of drug-likeness (QED) is 0.647. The van der Waals surface area contributed by atoms with E-state index in [1.54, 1.807) is 0 Å². The number of nitrogens with zero attached hydrogens (tertiary/aromatic N) is 1. The predicted octanol–water partition coefficient (Wildman–Crippen LogP) is 3.94. The first-order valence-electron chi connectivity index (χ1n) is 7.15. The molecule has 0 atom stereocenters. The fourth-order valence-corrected chi connectivity index (χ4v) is 2.78. The molecule has 3 nitrogen and oxygen atoms in total. The van der Waals surface area contributed by atoms with Gasteiger partial charge in [0.15, 0.2) is 0 Å². The number of fused-ring (bicyclic) bond motifs is 1. The SMILES string of the molecule is C=CCc1c(Cl)ccc2c1N(C(=O)NCCCC)CC2. The smallest absolute Gasteiger partial charge is 0.321 e. The second-order valence-electron chi connectivity index (χ2n) is 5.01. The first-order valence-corrected chi connectivity index (χ1v) is 7.53. The largest absolute Gasteiger partial charge is 0.338 e. The van der Waals surface area contributed by atoms with Gasteiger partial charge in [0.05, 0.1) is 5.69 Å². The van der Waals surface area contributed by atoms with Gasteiger partial charge < -0.3 is 5.32 Å². The van der Waals surface area contributed by atoms with Gasteiger partial charge in [-0.3, -0.25) is 4.90 Å². The molecule has 0 aliphatic carbocycles. The molecule has 108 valence electrons. The minimum atomic E-state index is -0.0234.